The summed E-state index contributed by atoms with van der Waals surface area (Å²) in [4.78, 5) is 40.7. The number of anilines is 1. The summed E-state index contributed by atoms with van der Waals surface area (Å²) in [7, 11) is 0. The van der Waals surface area contributed by atoms with Crippen molar-refractivity contribution in [3.8, 4) is 0 Å². The quantitative estimate of drug-likeness (QED) is 0.777. The van der Waals surface area contributed by atoms with Crippen LogP contribution in [0.1, 0.15) is 34.6 Å². The van der Waals surface area contributed by atoms with Crippen LogP contribution in [0.3, 0.4) is 0 Å². The lowest BCUT2D eigenvalue weighted by Gasteiger charge is -2.39. The molecule has 1 saturated heterocycles. The third kappa shape index (κ3) is 3.85. The summed E-state index contributed by atoms with van der Waals surface area (Å²) in [6.07, 6.45) is 0.214. The molecule has 0 bridgehead atoms. The summed E-state index contributed by atoms with van der Waals surface area (Å²) in [6.45, 7) is 6.03. The Kier molecular flexibility index (Phi) is 5.23. The van der Waals surface area contributed by atoms with Gasteiger partial charge in [-0.2, -0.15) is 0 Å². The zero-order valence-corrected chi connectivity index (χ0v) is 16.0. The van der Waals surface area contributed by atoms with Crippen molar-refractivity contribution in [2.75, 3.05) is 18.0 Å². The number of nitrogens with zero attached hydrogens (tertiary/aromatic N) is 2. The molecule has 3 rings (SSSR count). The summed E-state index contributed by atoms with van der Waals surface area (Å²) in [5.41, 5.74) is 2.80. The van der Waals surface area contributed by atoms with Crippen LogP contribution in [-0.2, 0) is 16.0 Å². The molecule has 2 aromatic rings. The van der Waals surface area contributed by atoms with Gasteiger partial charge in [-0.1, -0.05) is 12.1 Å². The maximum Gasteiger partial charge on any atom is 0.246 e. The Morgan fingerprint density at radius 3 is 2.69 bits per heavy atom. The van der Waals surface area contributed by atoms with Crippen molar-refractivity contribution in [2.45, 2.75) is 33.2 Å². The Balaban J connectivity index is 1.69. The molecule has 2 heterocycles. The largest absolute Gasteiger partial charge is 0.329 e. The summed E-state index contributed by atoms with van der Waals surface area (Å²) in [5.74, 6) is -0.150. The standard InChI is InChI=1S/C20H22N2O3S/c1-13-5-4-6-17(7-13)22-10-14(2)21(11-20(22)25)19(24)9-16-8-18(15(3)23)26-12-16/h4-8,12,14H,9-11H2,1-3H3/t14-/m0/s1. The first-order chi connectivity index (χ1) is 12.3. The molecule has 5 nitrogen and oxygen atoms in total. The molecule has 0 spiro atoms. The second kappa shape index (κ2) is 7.41. The normalized spacial score (nSPS) is 17.5. The van der Waals surface area contributed by atoms with E-state index in [0.717, 1.165) is 16.8 Å². The van der Waals surface area contributed by atoms with E-state index in [1.54, 1.807) is 15.9 Å². The highest BCUT2D eigenvalue weighted by atomic mass is 32.1. The van der Waals surface area contributed by atoms with Gasteiger partial charge >= 0.3 is 0 Å². The smallest absolute Gasteiger partial charge is 0.246 e. The highest BCUT2D eigenvalue weighted by Gasteiger charge is 2.33. The lowest BCUT2D eigenvalue weighted by atomic mass is 10.1. The second-order valence-corrected chi connectivity index (χ2v) is 7.68. The molecule has 0 N–H and O–H groups in total. The number of amides is 2. The molecular weight excluding hydrogens is 348 g/mol. The van der Waals surface area contributed by atoms with Gasteiger partial charge in [-0.15, -0.1) is 11.3 Å². The van der Waals surface area contributed by atoms with Crippen molar-refractivity contribution in [3.05, 3.63) is 51.7 Å². The van der Waals surface area contributed by atoms with Gasteiger partial charge in [0.2, 0.25) is 11.8 Å². The van der Waals surface area contributed by atoms with Gasteiger partial charge in [0.15, 0.2) is 5.78 Å². The minimum absolute atomic E-state index is 0.00372. The van der Waals surface area contributed by atoms with E-state index in [4.69, 9.17) is 0 Å². The number of aryl methyl sites for hydroxylation is 1. The molecule has 136 valence electrons. The van der Waals surface area contributed by atoms with Crippen LogP contribution >= 0.6 is 11.3 Å². The monoisotopic (exact) mass is 370 g/mol. The zero-order valence-electron chi connectivity index (χ0n) is 15.2. The molecule has 6 heteroatoms. The lowest BCUT2D eigenvalue weighted by Crippen LogP contribution is -2.57. The molecule has 26 heavy (non-hydrogen) atoms. The summed E-state index contributed by atoms with van der Waals surface area (Å²) in [5, 5.41) is 1.84. The van der Waals surface area contributed by atoms with E-state index in [1.807, 2.05) is 43.5 Å². The van der Waals surface area contributed by atoms with E-state index < -0.39 is 0 Å². The molecule has 0 aliphatic carbocycles. The van der Waals surface area contributed by atoms with Gasteiger partial charge in [-0.05, 0) is 55.5 Å². The van der Waals surface area contributed by atoms with Gasteiger partial charge < -0.3 is 9.80 Å². The molecule has 0 radical (unpaired) electrons. The van der Waals surface area contributed by atoms with Gasteiger partial charge in [0.1, 0.15) is 6.54 Å². The maximum absolute atomic E-state index is 12.7. The molecule has 1 aliphatic heterocycles. The van der Waals surface area contributed by atoms with Crippen LogP contribution in [0.4, 0.5) is 5.69 Å². The van der Waals surface area contributed by atoms with Crippen LogP contribution in [0.5, 0.6) is 0 Å². The number of hydrogen-bond acceptors (Lipinski definition) is 4. The van der Waals surface area contributed by atoms with E-state index in [2.05, 4.69) is 0 Å². The predicted molar refractivity (Wildman–Crippen MR) is 103 cm³/mol. The van der Waals surface area contributed by atoms with Crippen LogP contribution < -0.4 is 4.90 Å². The van der Waals surface area contributed by atoms with Gasteiger partial charge in [0.25, 0.3) is 0 Å². The van der Waals surface area contributed by atoms with Crippen molar-refractivity contribution in [3.63, 3.8) is 0 Å². The second-order valence-electron chi connectivity index (χ2n) is 6.77. The molecule has 0 unspecified atom stereocenters. The Hall–Kier alpha value is -2.47. The lowest BCUT2D eigenvalue weighted by molar-refractivity contribution is -0.138. The minimum atomic E-state index is -0.0809. The van der Waals surface area contributed by atoms with E-state index in [1.165, 1.54) is 18.3 Å². The van der Waals surface area contributed by atoms with Gasteiger partial charge in [0.05, 0.1) is 11.3 Å². The van der Waals surface area contributed by atoms with E-state index >= 15 is 0 Å². The molecule has 1 aliphatic rings. The average Bonchev–Trinajstić information content (AvgIpc) is 3.05. The van der Waals surface area contributed by atoms with Crippen molar-refractivity contribution in [1.82, 2.24) is 4.90 Å². The summed E-state index contributed by atoms with van der Waals surface area (Å²) >= 11 is 1.35. The SMILES string of the molecule is CC(=O)c1cc(CC(=O)N2CC(=O)N(c3cccc(C)c3)C[C@@H]2C)cs1. The number of piperazine rings is 1. The molecule has 0 saturated carbocycles. The van der Waals surface area contributed by atoms with Crippen LogP contribution in [0.15, 0.2) is 35.7 Å². The average molecular weight is 370 g/mol. The molecule has 1 fully saturated rings. The van der Waals surface area contributed by atoms with Gasteiger partial charge in [-0.25, -0.2) is 0 Å². The highest BCUT2D eigenvalue weighted by Crippen LogP contribution is 2.22. The van der Waals surface area contributed by atoms with E-state index in [0.29, 0.717) is 11.4 Å². The van der Waals surface area contributed by atoms with E-state index in [9.17, 15) is 14.4 Å². The summed E-state index contributed by atoms with van der Waals surface area (Å²) in [6, 6.07) is 9.53. The van der Waals surface area contributed by atoms with Crippen LogP contribution in [-0.4, -0.2) is 41.6 Å². The molecule has 1 aromatic carbocycles. The van der Waals surface area contributed by atoms with Gasteiger partial charge in [0, 0.05) is 18.3 Å². The minimum Gasteiger partial charge on any atom is -0.329 e. The fourth-order valence-electron chi connectivity index (χ4n) is 3.16. The fourth-order valence-corrected chi connectivity index (χ4v) is 3.97. The molecular formula is C20H22N2O3S. The topological polar surface area (TPSA) is 57.7 Å². The number of Topliss-reactive ketones (excluding diaryl/α,β-unsaturated/α-hetero) is 1. The van der Waals surface area contributed by atoms with Crippen LogP contribution in [0, 0.1) is 6.92 Å². The number of carbonyl (C=O) groups excluding carboxylic acids is 3. The van der Waals surface area contributed by atoms with Crippen LogP contribution in [0.25, 0.3) is 0 Å². The zero-order chi connectivity index (χ0) is 18.8. The van der Waals surface area contributed by atoms with E-state index in [-0.39, 0.29) is 36.6 Å². The van der Waals surface area contributed by atoms with Crippen molar-refractivity contribution >= 4 is 34.6 Å². The molecule has 1 aromatic heterocycles. The molecule has 2 amide bonds. The number of ketones is 1. The first-order valence-corrected chi connectivity index (χ1v) is 9.48. The number of hydrogen-bond donors (Lipinski definition) is 0. The number of carbonyl (C=O) groups is 3. The number of rotatable bonds is 4. The van der Waals surface area contributed by atoms with Crippen molar-refractivity contribution in [2.24, 2.45) is 0 Å². The third-order valence-corrected chi connectivity index (χ3v) is 5.66. The third-order valence-electron chi connectivity index (χ3n) is 4.58. The number of thiophene rings is 1. The Morgan fingerprint density at radius 2 is 2.04 bits per heavy atom. The maximum atomic E-state index is 12.7. The molecule has 1 atom stereocenters. The Morgan fingerprint density at radius 1 is 1.27 bits per heavy atom. The first kappa shape index (κ1) is 18.3. The Bertz CT molecular complexity index is 858. The fraction of sp³-hybridized carbons (Fsp3) is 0.350. The van der Waals surface area contributed by atoms with Gasteiger partial charge in [-0.3, -0.25) is 14.4 Å². The first-order valence-electron chi connectivity index (χ1n) is 8.60. The van der Waals surface area contributed by atoms with Crippen molar-refractivity contribution in [1.29, 1.82) is 0 Å². The predicted octanol–water partition coefficient (Wildman–Crippen LogP) is 3.07. The highest BCUT2D eigenvalue weighted by molar-refractivity contribution is 7.12. The Labute approximate surface area is 157 Å². The van der Waals surface area contributed by atoms with Crippen molar-refractivity contribution < 1.29 is 14.4 Å². The summed E-state index contributed by atoms with van der Waals surface area (Å²) < 4.78 is 0. The van der Waals surface area contributed by atoms with Crippen LogP contribution in [0.2, 0.25) is 0 Å². The number of benzene rings is 1.